The molecule has 4 aromatic rings. The van der Waals surface area contributed by atoms with E-state index >= 15 is 0 Å². The maximum atomic E-state index is 12.7. The van der Waals surface area contributed by atoms with E-state index in [1.807, 2.05) is 6.92 Å². The number of nitrogens with one attached hydrogen (secondary N) is 3. The smallest absolute Gasteiger partial charge is 0.314 e. The minimum absolute atomic E-state index is 0.0340. The van der Waals surface area contributed by atoms with Crippen LogP contribution >= 0.6 is 11.3 Å². The third-order valence-electron chi connectivity index (χ3n) is 3.75. The first kappa shape index (κ1) is 16.5. The van der Waals surface area contributed by atoms with Gasteiger partial charge in [-0.15, -0.1) is 11.3 Å². The summed E-state index contributed by atoms with van der Waals surface area (Å²) < 4.78 is 28.7. The second-order valence-corrected chi connectivity index (χ2v) is 8.55. The number of anilines is 1. The molecule has 0 radical (unpaired) electrons. The molecule has 3 N–H and O–H groups in total. The zero-order valence-corrected chi connectivity index (χ0v) is 15.0. The van der Waals surface area contributed by atoms with Crippen molar-refractivity contribution in [2.75, 3.05) is 4.72 Å². The summed E-state index contributed by atoms with van der Waals surface area (Å²) in [5.41, 5.74) is 0.158. The van der Waals surface area contributed by atoms with Crippen LogP contribution in [0.1, 0.15) is 5.01 Å². The molecule has 4 rings (SSSR count). The van der Waals surface area contributed by atoms with Crippen molar-refractivity contribution < 1.29 is 8.42 Å². The SMILES string of the molecule is Cc1nc2ccc(NS(=O)(=O)c3ccc4[nH]c(=O)c(=O)[nH]c4c3)cc2s1. The molecule has 132 valence electrons. The molecule has 0 fully saturated rings. The number of aromatic amines is 2. The number of hydrogen-bond donors (Lipinski definition) is 3. The quantitative estimate of drug-likeness (QED) is 0.463. The molecule has 0 aliphatic heterocycles. The molecule has 2 heterocycles. The lowest BCUT2D eigenvalue weighted by Crippen LogP contribution is -2.29. The standard InChI is InChI=1S/C16H12N4O4S2/c1-8-17-12-4-2-9(6-14(12)25-8)20-26(23,24)10-3-5-11-13(7-10)19-16(22)15(21)18-11/h2-7,20H,1H3,(H,18,21)(H,19,22). The number of nitrogens with zero attached hydrogens (tertiary/aromatic N) is 1. The van der Waals surface area contributed by atoms with Crippen LogP contribution in [-0.4, -0.2) is 23.4 Å². The largest absolute Gasteiger partial charge is 0.316 e. The van der Waals surface area contributed by atoms with E-state index in [9.17, 15) is 18.0 Å². The van der Waals surface area contributed by atoms with Gasteiger partial charge in [-0.25, -0.2) is 13.4 Å². The summed E-state index contributed by atoms with van der Waals surface area (Å²) in [6.07, 6.45) is 0. The molecule has 0 saturated heterocycles. The number of rotatable bonds is 3. The Morgan fingerprint density at radius 3 is 2.50 bits per heavy atom. The highest BCUT2D eigenvalue weighted by atomic mass is 32.2. The minimum Gasteiger partial charge on any atom is -0.316 e. The summed E-state index contributed by atoms with van der Waals surface area (Å²) in [6, 6.07) is 9.19. The van der Waals surface area contributed by atoms with Gasteiger partial charge in [0.05, 0.1) is 36.8 Å². The van der Waals surface area contributed by atoms with Crippen molar-refractivity contribution in [2.45, 2.75) is 11.8 Å². The highest BCUT2D eigenvalue weighted by molar-refractivity contribution is 7.92. The lowest BCUT2D eigenvalue weighted by Gasteiger charge is -2.09. The van der Waals surface area contributed by atoms with E-state index in [0.29, 0.717) is 11.2 Å². The van der Waals surface area contributed by atoms with Gasteiger partial charge in [0.15, 0.2) is 0 Å². The van der Waals surface area contributed by atoms with Gasteiger partial charge < -0.3 is 9.97 Å². The van der Waals surface area contributed by atoms with Crippen LogP contribution in [0.4, 0.5) is 5.69 Å². The predicted molar refractivity (Wildman–Crippen MR) is 100 cm³/mol. The van der Waals surface area contributed by atoms with Crippen LogP contribution in [0.2, 0.25) is 0 Å². The third kappa shape index (κ3) is 2.89. The van der Waals surface area contributed by atoms with Crippen LogP contribution in [0, 0.1) is 6.92 Å². The first-order valence-electron chi connectivity index (χ1n) is 7.48. The van der Waals surface area contributed by atoms with Gasteiger partial charge in [-0.05, 0) is 43.3 Å². The number of aryl methyl sites for hydroxylation is 1. The third-order valence-corrected chi connectivity index (χ3v) is 6.06. The molecule has 0 unspecified atom stereocenters. The summed E-state index contributed by atoms with van der Waals surface area (Å²) in [4.78, 5) is 31.8. The Balaban J connectivity index is 1.75. The lowest BCUT2D eigenvalue weighted by molar-refractivity contribution is 0.601. The zero-order chi connectivity index (χ0) is 18.5. The van der Waals surface area contributed by atoms with Gasteiger partial charge in [-0.3, -0.25) is 14.3 Å². The van der Waals surface area contributed by atoms with Crippen LogP contribution in [-0.2, 0) is 10.0 Å². The lowest BCUT2D eigenvalue weighted by atomic mass is 10.3. The Morgan fingerprint density at radius 2 is 1.73 bits per heavy atom. The molecular formula is C16H12N4O4S2. The van der Waals surface area contributed by atoms with Gasteiger partial charge in [0.1, 0.15) is 0 Å². The second-order valence-electron chi connectivity index (χ2n) is 5.64. The second kappa shape index (κ2) is 5.78. The molecule has 0 aliphatic carbocycles. The maximum absolute atomic E-state index is 12.7. The van der Waals surface area contributed by atoms with E-state index in [1.165, 1.54) is 29.5 Å². The highest BCUT2D eigenvalue weighted by Crippen LogP contribution is 2.26. The molecule has 2 aromatic carbocycles. The van der Waals surface area contributed by atoms with E-state index in [-0.39, 0.29) is 10.4 Å². The van der Waals surface area contributed by atoms with Crippen molar-refractivity contribution in [2.24, 2.45) is 0 Å². The number of fused-ring (bicyclic) bond motifs is 2. The van der Waals surface area contributed by atoms with Crippen molar-refractivity contribution >= 4 is 48.3 Å². The number of aromatic nitrogens is 3. The Hall–Kier alpha value is -2.98. The van der Waals surface area contributed by atoms with Crippen molar-refractivity contribution in [3.63, 3.8) is 0 Å². The van der Waals surface area contributed by atoms with E-state index in [0.717, 1.165) is 15.2 Å². The van der Waals surface area contributed by atoms with Gasteiger partial charge in [0, 0.05) is 0 Å². The fraction of sp³-hybridized carbons (Fsp3) is 0.0625. The molecule has 0 spiro atoms. The van der Waals surface area contributed by atoms with E-state index in [1.54, 1.807) is 18.2 Å². The normalized spacial score (nSPS) is 11.9. The molecule has 0 atom stereocenters. The van der Waals surface area contributed by atoms with Crippen molar-refractivity contribution in [3.8, 4) is 0 Å². The minimum atomic E-state index is -3.87. The molecule has 0 bridgehead atoms. The summed E-state index contributed by atoms with van der Waals surface area (Å²) in [7, 11) is -3.87. The summed E-state index contributed by atoms with van der Waals surface area (Å²) >= 11 is 1.47. The Bertz CT molecular complexity index is 1380. The number of sulfonamides is 1. The zero-order valence-electron chi connectivity index (χ0n) is 13.4. The summed E-state index contributed by atoms with van der Waals surface area (Å²) in [5.74, 6) is 0. The monoisotopic (exact) mass is 388 g/mol. The average molecular weight is 388 g/mol. The molecule has 0 aliphatic rings. The number of hydrogen-bond acceptors (Lipinski definition) is 6. The van der Waals surface area contributed by atoms with E-state index in [2.05, 4.69) is 19.7 Å². The number of benzene rings is 2. The Morgan fingerprint density at radius 1 is 1.00 bits per heavy atom. The molecule has 10 heteroatoms. The molecular weight excluding hydrogens is 376 g/mol. The molecule has 26 heavy (non-hydrogen) atoms. The predicted octanol–water partition coefficient (Wildman–Crippen LogP) is 1.94. The Labute approximate surface area is 150 Å². The fourth-order valence-electron chi connectivity index (χ4n) is 2.58. The molecule has 2 aromatic heterocycles. The van der Waals surface area contributed by atoms with E-state index < -0.39 is 21.1 Å². The van der Waals surface area contributed by atoms with Crippen molar-refractivity contribution in [1.29, 1.82) is 0 Å². The topological polar surface area (TPSA) is 125 Å². The number of thiazole rings is 1. The van der Waals surface area contributed by atoms with Crippen molar-refractivity contribution in [3.05, 3.63) is 62.1 Å². The molecule has 8 nitrogen and oxygen atoms in total. The van der Waals surface area contributed by atoms with Gasteiger partial charge in [-0.2, -0.15) is 0 Å². The van der Waals surface area contributed by atoms with Crippen LogP contribution in [0.5, 0.6) is 0 Å². The molecule has 0 amide bonds. The van der Waals surface area contributed by atoms with Crippen LogP contribution in [0.25, 0.3) is 21.3 Å². The van der Waals surface area contributed by atoms with Crippen LogP contribution < -0.4 is 15.8 Å². The molecule has 0 saturated carbocycles. The highest BCUT2D eigenvalue weighted by Gasteiger charge is 2.16. The first-order valence-corrected chi connectivity index (χ1v) is 9.78. The summed E-state index contributed by atoms with van der Waals surface area (Å²) in [6.45, 7) is 1.88. The van der Waals surface area contributed by atoms with Crippen molar-refractivity contribution in [1.82, 2.24) is 15.0 Å². The summed E-state index contributed by atoms with van der Waals surface area (Å²) in [5, 5.41) is 0.896. The van der Waals surface area contributed by atoms with Gasteiger partial charge in [-0.1, -0.05) is 0 Å². The van der Waals surface area contributed by atoms with Gasteiger partial charge in [0.25, 0.3) is 10.0 Å². The van der Waals surface area contributed by atoms with Crippen LogP contribution in [0.3, 0.4) is 0 Å². The van der Waals surface area contributed by atoms with Gasteiger partial charge >= 0.3 is 11.1 Å². The fourth-order valence-corrected chi connectivity index (χ4v) is 4.52. The van der Waals surface area contributed by atoms with E-state index in [4.69, 9.17) is 0 Å². The van der Waals surface area contributed by atoms with Crippen LogP contribution in [0.15, 0.2) is 50.9 Å². The number of H-pyrrole nitrogens is 2. The van der Waals surface area contributed by atoms with Gasteiger partial charge in [0.2, 0.25) is 0 Å². The first-order chi connectivity index (χ1) is 12.3. The Kier molecular flexibility index (Phi) is 3.67. The average Bonchev–Trinajstić information content (AvgIpc) is 2.94. The maximum Gasteiger partial charge on any atom is 0.314 e.